The lowest BCUT2D eigenvalue weighted by Crippen LogP contribution is -2.29. The second-order valence-corrected chi connectivity index (χ2v) is 5.33. The normalized spacial score (nSPS) is 10.6. The fourth-order valence-electron chi connectivity index (χ4n) is 1.84. The third-order valence-corrected chi connectivity index (χ3v) is 3.81. The summed E-state index contributed by atoms with van der Waals surface area (Å²) >= 11 is 1.54. The molecule has 0 unspecified atom stereocenters. The lowest BCUT2D eigenvalue weighted by atomic mass is 10.3. The average molecular weight is 285 g/mol. The van der Waals surface area contributed by atoms with Crippen LogP contribution in [0.4, 0.5) is 0 Å². The molecule has 1 aromatic carbocycles. The van der Waals surface area contributed by atoms with Gasteiger partial charge in [0.25, 0.3) is 5.91 Å². The van der Waals surface area contributed by atoms with Crippen molar-refractivity contribution in [3.8, 4) is 0 Å². The summed E-state index contributed by atoms with van der Waals surface area (Å²) in [4.78, 5) is 16.3. The molecule has 0 radical (unpaired) electrons. The number of thiazole rings is 1. The minimum absolute atomic E-state index is 0.283. The smallest absolute Gasteiger partial charge is 0.257 e. The maximum absolute atomic E-state index is 11.9. The molecule has 0 saturated carbocycles. The quantitative estimate of drug-likeness (QED) is 0.590. The van der Waals surface area contributed by atoms with Crippen LogP contribution in [0.15, 0.2) is 48.8 Å². The molecule has 0 aliphatic heterocycles. The molecule has 0 fully saturated rings. The van der Waals surface area contributed by atoms with Crippen LogP contribution in [0.25, 0.3) is 10.2 Å². The summed E-state index contributed by atoms with van der Waals surface area (Å²) in [6, 6.07) is 11.0. The van der Waals surface area contributed by atoms with E-state index in [0.717, 1.165) is 15.2 Å². The number of aromatic nitrogens is 2. The van der Waals surface area contributed by atoms with Crippen LogP contribution in [-0.2, 0) is 6.54 Å². The molecule has 20 heavy (non-hydrogen) atoms. The van der Waals surface area contributed by atoms with E-state index in [9.17, 15) is 10.0 Å². The van der Waals surface area contributed by atoms with E-state index in [1.165, 1.54) is 12.4 Å². The van der Waals surface area contributed by atoms with Gasteiger partial charge in [-0.15, -0.1) is 11.3 Å². The van der Waals surface area contributed by atoms with Gasteiger partial charge in [0.05, 0.1) is 16.8 Å². The van der Waals surface area contributed by atoms with Crippen LogP contribution >= 0.6 is 11.3 Å². The summed E-state index contributed by atoms with van der Waals surface area (Å²) in [5.41, 5.74) is 1.27. The number of nitrogens with zero attached hydrogens (tertiary/aromatic N) is 2. The standard InChI is InChI=1S/C14H11N3O2S/c18-14(10-4-3-7-17(19)9-10)15-8-13-16-11-5-1-2-6-12(11)20-13/h1-7,9H,8H2,(H,15,18). The van der Waals surface area contributed by atoms with Crippen molar-refractivity contribution in [3.63, 3.8) is 0 Å². The van der Waals surface area contributed by atoms with Crippen molar-refractivity contribution < 1.29 is 9.52 Å². The summed E-state index contributed by atoms with van der Waals surface area (Å²) in [5, 5.41) is 14.7. The van der Waals surface area contributed by atoms with Gasteiger partial charge in [0, 0.05) is 6.07 Å². The fourth-order valence-corrected chi connectivity index (χ4v) is 2.75. The first-order valence-corrected chi connectivity index (χ1v) is 6.85. The highest BCUT2D eigenvalue weighted by Gasteiger charge is 2.10. The van der Waals surface area contributed by atoms with Crippen molar-refractivity contribution in [2.45, 2.75) is 6.54 Å². The lowest BCUT2D eigenvalue weighted by Gasteiger charge is -2.02. The van der Waals surface area contributed by atoms with Crippen LogP contribution < -0.4 is 10.0 Å². The molecule has 0 atom stereocenters. The number of benzene rings is 1. The first kappa shape index (κ1) is 12.6. The Hall–Kier alpha value is -2.47. The van der Waals surface area contributed by atoms with Crippen molar-refractivity contribution >= 4 is 27.5 Å². The Kier molecular flexibility index (Phi) is 3.30. The Bertz CT molecular complexity index is 737. The number of fused-ring (bicyclic) bond motifs is 1. The van der Waals surface area contributed by atoms with E-state index in [-0.39, 0.29) is 5.91 Å². The van der Waals surface area contributed by atoms with Crippen LogP contribution in [0.5, 0.6) is 0 Å². The Labute approximate surface area is 119 Å². The van der Waals surface area contributed by atoms with Crippen LogP contribution in [0.2, 0.25) is 0 Å². The van der Waals surface area contributed by atoms with Crippen molar-refractivity contribution in [1.29, 1.82) is 0 Å². The highest BCUT2D eigenvalue weighted by atomic mass is 32.1. The van der Waals surface area contributed by atoms with Crippen molar-refractivity contribution in [2.24, 2.45) is 0 Å². The monoisotopic (exact) mass is 285 g/mol. The number of rotatable bonds is 3. The Balaban J connectivity index is 1.71. The Morgan fingerprint density at radius 3 is 2.95 bits per heavy atom. The largest absolute Gasteiger partial charge is 0.619 e. The minimum atomic E-state index is -0.283. The maximum atomic E-state index is 11.9. The Morgan fingerprint density at radius 2 is 2.15 bits per heavy atom. The molecular formula is C14H11N3O2S. The van der Waals surface area contributed by atoms with Crippen LogP contribution in [0.3, 0.4) is 0 Å². The number of carbonyl (C=O) groups is 1. The molecule has 1 amide bonds. The van der Waals surface area contributed by atoms with E-state index in [2.05, 4.69) is 10.3 Å². The lowest BCUT2D eigenvalue weighted by molar-refractivity contribution is -0.605. The van der Waals surface area contributed by atoms with Crippen LogP contribution in [0, 0.1) is 5.21 Å². The van der Waals surface area contributed by atoms with E-state index in [0.29, 0.717) is 16.8 Å². The van der Waals surface area contributed by atoms with Crippen LogP contribution in [-0.4, -0.2) is 10.9 Å². The second kappa shape index (κ2) is 5.26. The SMILES string of the molecule is O=C(NCc1nc2ccccc2s1)c1ccc[n+]([O-])c1. The third kappa shape index (κ3) is 2.60. The third-order valence-electron chi connectivity index (χ3n) is 2.78. The summed E-state index contributed by atoms with van der Waals surface area (Å²) in [7, 11) is 0. The summed E-state index contributed by atoms with van der Waals surface area (Å²) in [6.07, 6.45) is 2.58. The molecule has 0 saturated heterocycles. The van der Waals surface area contributed by atoms with Gasteiger partial charge in [-0.05, 0) is 18.2 Å². The van der Waals surface area contributed by atoms with E-state index < -0.39 is 0 Å². The number of para-hydroxylation sites is 1. The molecule has 0 bridgehead atoms. The van der Waals surface area contributed by atoms with E-state index in [1.54, 1.807) is 23.5 Å². The number of hydrogen-bond acceptors (Lipinski definition) is 4. The van der Waals surface area contributed by atoms with Gasteiger partial charge in [0.15, 0.2) is 12.4 Å². The highest BCUT2D eigenvalue weighted by Crippen LogP contribution is 2.21. The van der Waals surface area contributed by atoms with Gasteiger partial charge in [0.2, 0.25) is 0 Å². The molecule has 3 aromatic rings. The van der Waals surface area contributed by atoms with Crippen molar-refractivity contribution in [1.82, 2.24) is 10.3 Å². The van der Waals surface area contributed by atoms with E-state index >= 15 is 0 Å². The zero-order valence-corrected chi connectivity index (χ0v) is 11.3. The molecule has 0 spiro atoms. The molecule has 2 heterocycles. The first-order valence-electron chi connectivity index (χ1n) is 6.04. The fraction of sp³-hybridized carbons (Fsp3) is 0.0714. The predicted octanol–water partition coefficient (Wildman–Crippen LogP) is 1.86. The van der Waals surface area contributed by atoms with E-state index in [4.69, 9.17) is 0 Å². The number of nitrogens with one attached hydrogen (secondary N) is 1. The van der Waals surface area contributed by atoms with Gasteiger partial charge in [-0.2, -0.15) is 4.73 Å². The first-order chi connectivity index (χ1) is 9.72. The molecule has 6 heteroatoms. The molecule has 0 aliphatic carbocycles. The summed E-state index contributed by atoms with van der Waals surface area (Å²) in [5.74, 6) is -0.283. The molecule has 0 aliphatic rings. The molecule has 2 aromatic heterocycles. The van der Waals surface area contributed by atoms with E-state index in [1.807, 2.05) is 24.3 Å². The van der Waals surface area contributed by atoms with Gasteiger partial charge < -0.3 is 10.5 Å². The summed E-state index contributed by atoms with van der Waals surface area (Å²) < 4.78 is 1.70. The molecule has 3 rings (SSSR count). The minimum Gasteiger partial charge on any atom is -0.619 e. The number of pyridine rings is 1. The number of hydrogen-bond donors (Lipinski definition) is 1. The topological polar surface area (TPSA) is 68.9 Å². The van der Waals surface area contributed by atoms with Crippen LogP contribution in [0.1, 0.15) is 15.4 Å². The zero-order valence-electron chi connectivity index (χ0n) is 10.4. The number of amides is 1. The van der Waals surface area contributed by atoms with Gasteiger partial charge in [-0.1, -0.05) is 12.1 Å². The molecule has 100 valence electrons. The van der Waals surface area contributed by atoms with Gasteiger partial charge in [0.1, 0.15) is 10.6 Å². The Morgan fingerprint density at radius 1 is 1.30 bits per heavy atom. The molecule has 1 N–H and O–H groups in total. The van der Waals surface area contributed by atoms with Gasteiger partial charge >= 0.3 is 0 Å². The highest BCUT2D eigenvalue weighted by molar-refractivity contribution is 7.18. The maximum Gasteiger partial charge on any atom is 0.257 e. The van der Waals surface area contributed by atoms with Crippen molar-refractivity contribution in [2.75, 3.05) is 0 Å². The number of carbonyl (C=O) groups excluding carboxylic acids is 1. The molecule has 5 nitrogen and oxygen atoms in total. The van der Waals surface area contributed by atoms with Gasteiger partial charge in [-0.3, -0.25) is 4.79 Å². The zero-order chi connectivity index (χ0) is 13.9. The summed E-state index contributed by atoms with van der Waals surface area (Å²) in [6.45, 7) is 0.353. The average Bonchev–Trinajstić information content (AvgIpc) is 2.87. The predicted molar refractivity (Wildman–Crippen MR) is 76.2 cm³/mol. The van der Waals surface area contributed by atoms with Crippen molar-refractivity contribution in [3.05, 3.63) is 64.6 Å². The molecular weight excluding hydrogens is 274 g/mol. The second-order valence-electron chi connectivity index (χ2n) is 4.21. The van der Waals surface area contributed by atoms with Gasteiger partial charge in [-0.25, -0.2) is 4.98 Å².